The van der Waals surface area contributed by atoms with Gasteiger partial charge in [-0.3, -0.25) is 0 Å². The molecule has 0 radical (unpaired) electrons. The quantitative estimate of drug-likeness (QED) is 0.761. The number of Topliss-reactive ketones (excluding diaryl/α,β-unsaturated/α-hetero) is 1. The van der Waals surface area contributed by atoms with Gasteiger partial charge in [-0.1, -0.05) is 0 Å². The van der Waals surface area contributed by atoms with Crippen LogP contribution in [0.15, 0.2) is 36.4 Å². The molecule has 1 fully saturated rings. The second-order valence-electron chi connectivity index (χ2n) is 3.86. The Morgan fingerprint density at radius 3 is 2.60 bits per heavy atom. The normalized spacial score (nSPS) is 24.9. The Bertz CT molecular complexity index is 417. The molecule has 1 nitrogen and oxygen atoms in total. The number of carbonyl (C=O) groups excluding carboxylic acids is 1. The zero-order chi connectivity index (χ0) is 10.7. The van der Waals surface area contributed by atoms with Crippen LogP contribution in [-0.4, -0.2) is 10.0 Å². The summed E-state index contributed by atoms with van der Waals surface area (Å²) < 4.78 is 2.96. The van der Waals surface area contributed by atoms with Gasteiger partial charge in [0.15, 0.2) is 0 Å². The Morgan fingerprint density at radius 1 is 1.33 bits per heavy atom. The van der Waals surface area contributed by atoms with Gasteiger partial charge >= 0.3 is 99.3 Å². The summed E-state index contributed by atoms with van der Waals surface area (Å²) in [6, 6.07) is 10.0. The summed E-state index contributed by atoms with van der Waals surface area (Å²) in [5, 5.41) is 0. The van der Waals surface area contributed by atoms with Gasteiger partial charge in [-0.2, -0.15) is 0 Å². The van der Waals surface area contributed by atoms with E-state index in [1.165, 1.54) is 0 Å². The van der Waals surface area contributed by atoms with E-state index in [9.17, 15) is 4.79 Å². The maximum atomic E-state index is 12.0. The molecule has 1 atom stereocenters. The van der Waals surface area contributed by atoms with E-state index in [2.05, 4.69) is 22.1 Å². The number of allylic oxidation sites excluding steroid dienone is 1. The van der Waals surface area contributed by atoms with Gasteiger partial charge in [0.2, 0.25) is 0 Å². The second-order valence-corrected chi connectivity index (χ2v) is 4.36. The molecule has 2 heteroatoms. The van der Waals surface area contributed by atoms with Crippen molar-refractivity contribution in [3.05, 3.63) is 42.0 Å². The van der Waals surface area contributed by atoms with Crippen molar-refractivity contribution in [2.45, 2.75) is 24.7 Å². The third kappa shape index (κ3) is 1.80. The molecule has 0 heterocycles. The van der Waals surface area contributed by atoms with Crippen molar-refractivity contribution in [3.8, 4) is 0 Å². The van der Waals surface area contributed by atoms with Crippen LogP contribution in [0, 0.1) is 0 Å². The van der Waals surface area contributed by atoms with Gasteiger partial charge in [0.25, 0.3) is 0 Å². The molecular formula is C13H12ORu+. The van der Waals surface area contributed by atoms with Crippen LogP contribution in [0.4, 0.5) is 0 Å². The molecule has 77 valence electrons. The van der Waals surface area contributed by atoms with Crippen molar-refractivity contribution < 1.29 is 22.6 Å². The summed E-state index contributed by atoms with van der Waals surface area (Å²) in [6.07, 6.45) is 4.50. The molecule has 0 saturated heterocycles. The predicted molar refractivity (Wildman–Crippen MR) is 56.6 cm³/mol. The van der Waals surface area contributed by atoms with Gasteiger partial charge in [0.05, 0.1) is 0 Å². The van der Waals surface area contributed by atoms with E-state index in [4.69, 9.17) is 0 Å². The van der Waals surface area contributed by atoms with E-state index >= 15 is 0 Å². The number of benzene rings is 1. The zero-order valence-electron chi connectivity index (χ0n) is 8.35. The van der Waals surface area contributed by atoms with Crippen molar-refractivity contribution >= 4 is 10.0 Å². The molecule has 1 aliphatic rings. The van der Waals surface area contributed by atoms with Crippen LogP contribution in [0.1, 0.15) is 24.8 Å². The minimum absolute atomic E-state index is 0.325. The zero-order valence-corrected chi connectivity index (χ0v) is 10.1. The maximum absolute atomic E-state index is 12.0. The van der Waals surface area contributed by atoms with Crippen LogP contribution < -0.4 is 0 Å². The first-order valence-electron chi connectivity index (χ1n) is 5.08. The number of hydrogen-bond donors (Lipinski definition) is 0. The van der Waals surface area contributed by atoms with Crippen LogP contribution >= 0.6 is 0 Å². The van der Waals surface area contributed by atoms with Gasteiger partial charge in [0.1, 0.15) is 0 Å². The van der Waals surface area contributed by atoms with E-state index in [0.29, 0.717) is 12.2 Å². The number of hydrogen-bond acceptors (Lipinski definition) is 1. The Balaban J connectivity index is 2.53. The SMILES string of the molecule is O=C1CCCC1(C=[C]=[Ru+])c1ccccc1. The molecule has 1 saturated carbocycles. The van der Waals surface area contributed by atoms with Gasteiger partial charge in [-0.25, -0.2) is 0 Å². The van der Waals surface area contributed by atoms with Gasteiger partial charge in [-0.05, 0) is 0 Å². The van der Waals surface area contributed by atoms with Crippen LogP contribution in [-0.2, 0) is 28.1 Å². The van der Waals surface area contributed by atoms with E-state index < -0.39 is 5.41 Å². The third-order valence-electron chi connectivity index (χ3n) is 3.06. The van der Waals surface area contributed by atoms with E-state index in [1.54, 1.807) is 0 Å². The molecule has 1 unspecified atom stereocenters. The topological polar surface area (TPSA) is 17.1 Å². The van der Waals surface area contributed by atoms with E-state index in [0.717, 1.165) is 18.4 Å². The summed E-state index contributed by atoms with van der Waals surface area (Å²) in [6.45, 7) is 0. The average Bonchev–Trinajstić information content (AvgIpc) is 2.63. The summed E-state index contributed by atoms with van der Waals surface area (Å²) in [7, 11) is 0. The summed E-state index contributed by atoms with van der Waals surface area (Å²) in [5.41, 5.74) is 0.705. The molecule has 1 aromatic rings. The molecule has 1 aromatic carbocycles. The molecule has 0 aromatic heterocycles. The fourth-order valence-corrected chi connectivity index (χ4v) is 2.68. The molecular weight excluding hydrogens is 273 g/mol. The van der Waals surface area contributed by atoms with Crippen LogP contribution in [0.3, 0.4) is 0 Å². The Labute approximate surface area is 99.4 Å². The first kappa shape index (κ1) is 10.7. The molecule has 0 amide bonds. The summed E-state index contributed by atoms with van der Waals surface area (Å²) in [4.78, 5) is 12.0. The molecule has 0 spiro atoms. The number of carbonyl (C=O) groups is 1. The first-order chi connectivity index (χ1) is 7.29. The average molecular weight is 285 g/mol. The first-order valence-corrected chi connectivity index (χ1v) is 5.95. The molecule has 0 N–H and O–H groups in total. The summed E-state index contributed by atoms with van der Waals surface area (Å²) in [5.74, 6) is 0.325. The van der Waals surface area contributed by atoms with Crippen molar-refractivity contribution in [2.75, 3.05) is 0 Å². The number of rotatable bonds is 2. The van der Waals surface area contributed by atoms with Crippen LogP contribution in [0.25, 0.3) is 0 Å². The van der Waals surface area contributed by atoms with E-state index in [1.807, 2.05) is 36.4 Å². The standard InChI is InChI=1S/C13H12O.Ru/c1-2-13(10-6-9-12(13)14)11-7-4-3-5-8-11;/h2-5,7-8H,6,9-10H2;/q;+1. The fourth-order valence-electron chi connectivity index (χ4n) is 2.25. The second kappa shape index (κ2) is 4.35. The summed E-state index contributed by atoms with van der Waals surface area (Å²) >= 11 is 2.34. The minimum atomic E-state index is -0.396. The third-order valence-corrected chi connectivity index (χ3v) is 3.31. The van der Waals surface area contributed by atoms with Gasteiger partial charge in [0, 0.05) is 0 Å². The molecule has 0 bridgehead atoms. The van der Waals surface area contributed by atoms with Gasteiger partial charge in [-0.15, -0.1) is 0 Å². The van der Waals surface area contributed by atoms with Crippen molar-refractivity contribution in [3.63, 3.8) is 0 Å². The molecule has 0 aliphatic heterocycles. The van der Waals surface area contributed by atoms with Crippen LogP contribution in [0.2, 0.25) is 0 Å². The van der Waals surface area contributed by atoms with Crippen molar-refractivity contribution in [1.29, 1.82) is 0 Å². The van der Waals surface area contributed by atoms with Crippen LogP contribution in [0.5, 0.6) is 0 Å². The Morgan fingerprint density at radius 2 is 2.07 bits per heavy atom. The van der Waals surface area contributed by atoms with Crippen molar-refractivity contribution in [1.82, 2.24) is 0 Å². The van der Waals surface area contributed by atoms with Gasteiger partial charge < -0.3 is 0 Å². The molecule has 2 rings (SSSR count). The molecule has 15 heavy (non-hydrogen) atoms. The molecule has 1 aliphatic carbocycles. The fraction of sp³-hybridized carbons (Fsp3) is 0.308. The Hall–Kier alpha value is -0.837. The van der Waals surface area contributed by atoms with E-state index in [-0.39, 0.29) is 0 Å². The van der Waals surface area contributed by atoms with Crippen molar-refractivity contribution in [2.24, 2.45) is 0 Å². The predicted octanol–water partition coefficient (Wildman–Crippen LogP) is 2.18. The Kier molecular flexibility index (Phi) is 3.09. The monoisotopic (exact) mass is 286 g/mol. The number of ketones is 1.